The smallest absolute Gasteiger partial charge is 0.233 e. The van der Waals surface area contributed by atoms with E-state index in [1.165, 1.54) is 17.7 Å². The van der Waals surface area contributed by atoms with Crippen molar-refractivity contribution in [2.24, 2.45) is 29.1 Å². The Kier molecular flexibility index (Phi) is 3.27. The second kappa shape index (κ2) is 5.35. The molecule has 1 aromatic rings. The number of nitrogens with zero attached hydrogens (tertiary/aromatic N) is 1. The van der Waals surface area contributed by atoms with Crippen LogP contribution in [0.5, 0.6) is 11.5 Å². The van der Waals surface area contributed by atoms with Crippen molar-refractivity contribution >= 4 is 11.8 Å². The molecule has 1 aromatic carbocycles. The summed E-state index contributed by atoms with van der Waals surface area (Å²) in [6, 6.07) is 5.73. The summed E-state index contributed by atoms with van der Waals surface area (Å²) in [4.78, 5) is 27.5. The summed E-state index contributed by atoms with van der Waals surface area (Å²) in [6.07, 6.45) is 7.40. The average molecular weight is 353 g/mol. The highest BCUT2D eigenvalue weighted by Gasteiger charge is 2.73. The van der Waals surface area contributed by atoms with Crippen molar-refractivity contribution in [2.45, 2.75) is 19.3 Å². The van der Waals surface area contributed by atoms with Crippen molar-refractivity contribution in [3.05, 3.63) is 35.9 Å². The molecule has 0 aromatic heterocycles. The third-order valence-corrected chi connectivity index (χ3v) is 7.02. The van der Waals surface area contributed by atoms with E-state index in [0.29, 0.717) is 36.3 Å². The third kappa shape index (κ3) is 1.91. The molecule has 1 aliphatic heterocycles. The molecule has 4 atom stereocenters. The van der Waals surface area contributed by atoms with E-state index in [-0.39, 0.29) is 29.1 Å². The molecule has 5 nitrogen and oxygen atoms in total. The van der Waals surface area contributed by atoms with Crippen LogP contribution in [0.2, 0.25) is 0 Å². The van der Waals surface area contributed by atoms with E-state index in [1.54, 1.807) is 14.2 Å². The minimum absolute atomic E-state index is 0.0450. The standard InChI is InChI=1S/C21H23NO4/c1-25-15-6-3-12(11-16(15)26-2)7-10-22-19(23)17-13-4-5-14(18(17)20(22)24)21(13)8-9-21/h3-6,11,13-14,17-18H,7-10H2,1-2H3/t13-,14-,17+,18+/m1/s1. The lowest BCUT2D eigenvalue weighted by molar-refractivity contribution is -0.141. The molecule has 3 aliphatic carbocycles. The molecule has 1 heterocycles. The van der Waals surface area contributed by atoms with Crippen molar-refractivity contribution in [3.8, 4) is 11.5 Å². The summed E-state index contributed by atoms with van der Waals surface area (Å²) in [5.41, 5.74) is 1.29. The predicted octanol–water partition coefficient (Wildman–Crippen LogP) is 2.44. The molecule has 2 bridgehead atoms. The first-order valence-electron chi connectivity index (χ1n) is 9.35. The lowest BCUT2D eigenvalue weighted by Gasteiger charge is -2.21. The third-order valence-electron chi connectivity index (χ3n) is 7.02. The minimum atomic E-state index is -0.106. The van der Waals surface area contributed by atoms with Gasteiger partial charge >= 0.3 is 0 Å². The van der Waals surface area contributed by atoms with Crippen LogP contribution in [0.4, 0.5) is 0 Å². The van der Waals surface area contributed by atoms with Crippen molar-refractivity contribution in [1.29, 1.82) is 0 Å². The summed E-state index contributed by atoms with van der Waals surface area (Å²) in [7, 11) is 3.21. The molecule has 5 heteroatoms. The van der Waals surface area contributed by atoms with Crippen molar-refractivity contribution in [2.75, 3.05) is 20.8 Å². The molecular weight excluding hydrogens is 330 g/mol. The van der Waals surface area contributed by atoms with Gasteiger partial charge in [0.05, 0.1) is 26.1 Å². The number of rotatable bonds is 5. The number of carbonyl (C=O) groups is 2. The highest BCUT2D eigenvalue weighted by Crippen LogP contribution is 2.73. The fourth-order valence-electron chi connectivity index (χ4n) is 5.64. The maximum Gasteiger partial charge on any atom is 0.233 e. The van der Waals surface area contributed by atoms with E-state index >= 15 is 0 Å². The maximum atomic E-state index is 13.0. The van der Waals surface area contributed by atoms with Crippen molar-refractivity contribution in [3.63, 3.8) is 0 Å². The van der Waals surface area contributed by atoms with Crippen LogP contribution in [0, 0.1) is 29.1 Å². The number of imide groups is 1. The Labute approximate surface area is 153 Å². The van der Waals surface area contributed by atoms with Gasteiger partial charge in [-0.05, 0) is 54.2 Å². The van der Waals surface area contributed by atoms with E-state index < -0.39 is 0 Å². The summed E-state index contributed by atoms with van der Waals surface area (Å²) in [6.45, 7) is 0.437. The number of likely N-dealkylation sites (tertiary alicyclic amines) is 1. The molecule has 0 unspecified atom stereocenters. The zero-order chi connectivity index (χ0) is 18.1. The number of hydrogen-bond donors (Lipinski definition) is 0. The van der Waals surface area contributed by atoms with Crippen LogP contribution < -0.4 is 9.47 Å². The largest absolute Gasteiger partial charge is 0.493 e. The quantitative estimate of drug-likeness (QED) is 0.603. The van der Waals surface area contributed by atoms with Crippen LogP contribution in [0.3, 0.4) is 0 Å². The number of benzene rings is 1. The van der Waals surface area contributed by atoms with Gasteiger partial charge in [0, 0.05) is 6.54 Å². The van der Waals surface area contributed by atoms with Gasteiger partial charge in [-0.25, -0.2) is 0 Å². The second-order valence-electron chi connectivity index (χ2n) is 7.99. The maximum absolute atomic E-state index is 13.0. The second-order valence-corrected chi connectivity index (χ2v) is 7.99. The first-order chi connectivity index (χ1) is 12.6. The number of amides is 2. The number of methoxy groups -OCH3 is 2. The fraction of sp³-hybridized carbons (Fsp3) is 0.524. The van der Waals surface area contributed by atoms with Gasteiger partial charge in [-0.15, -0.1) is 0 Å². The van der Waals surface area contributed by atoms with Crippen LogP contribution in [0.15, 0.2) is 30.4 Å². The Morgan fingerprint density at radius 3 is 2.15 bits per heavy atom. The zero-order valence-corrected chi connectivity index (χ0v) is 15.1. The summed E-state index contributed by atoms with van der Waals surface area (Å²) >= 11 is 0. The number of carbonyl (C=O) groups excluding carboxylic acids is 2. The Hall–Kier alpha value is -2.30. The van der Waals surface area contributed by atoms with E-state index in [0.717, 1.165) is 5.56 Å². The Balaban J connectivity index is 1.32. The molecular formula is C21H23NO4. The monoisotopic (exact) mass is 353 g/mol. The highest BCUT2D eigenvalue weighted by atomic mass is 16.5. The first-order valence-corrected chi connectivity index (χ1v) is 9.35. The van der Waals surface area contributed by atoms with E-state index in [9.17, 15) is 9.59 Å². The lowest BCUT2D eigenvalue weighted by atomic mass is 9.85. The Morgan fingerprint density at radius 1 is 1.00 bits per heavy atom. The number of hydrogen-bond acceptors (Lipinski definition) is 4. The summed E-state index contributed by atoms with van der Waals surface area (Å²) in [5, 5.41) is 0. The lowest BCUT2D eigenvalue weighted by Crippen LogP contribution is -2.36. The van der Waals surface area contributed by atoms with Gasteiger partial charge in [0.2, 0.25) is 11.8 Å². The molecule has 1 saturated heterocycles. The molecule has 26 heavy (non-hydrogen) atoms. The summed E-state index contributed by atoms with van der Waals surface area (Å²) in [5.74, 6) is 1.80. The van der Waals surface area contributed by atoms with Gasteiger partial charge in [-0.1, -0.05) is 18.2 Å². The highest BCUT2D eigenvalue weighted by molar-refractivity contribution is 6.06. The molecule has 2 amide bonds. The molecule has 1 spiro atoms. The van der Waals surface area contributed by atoms with Crippen molar-refractivity contribution in [1.82, 2.24) is 4.90 Å². The molecule has 0 N–H and O–H groups in total. The molecule has 2 saturated carbocycles. The number of ether oxygens (including phenoxy) is 2. The van der Waals surface area contributed by atoms with Crippen LogP contribution >= 0.6 is 0 Å². The minimum Gasteiger partial charge on any atom is -0.493 e. The van der Waals surface area contributed by atoms with Gasteiger partial charge in [-0.3, -0.25) is 14.5 Å². The van der Waals surface area contributed by atoms with Crippen LogP contribution in [0.25, 0.3) is 0 Å². The molecule has 0 radical (unpaired) electrons. The van der Waals surface area contributed by atoms with E-state index in [1.807, 2.05) is 18.2 Å². The summed E-state index contributed by atoms with van der Waals surface area (Å²) < 4.78 is 10.6. The fourth-order valence-corrected chi connectivity index (χ4v) is 5.64. The van der Waals surface area contributed by atoms with Crippen LogP contribution in [-0.4, -0.2) is 37.5 Å². The van der Waals surface area contributed by atoms with Gasteiger partial charge in [-0.2, -0.15) is 0 Å². The van der Waals surface area contributed by atoms with E-state index in [2.05, 4.69) is 12.2 Å². The van der Waals surface area contributed by atoms with Gasteiger partial charge in [0.15, 0.2) is 11.5 Å². The van der Waals surface area contributed by atoms with Crippen LogP contribution in [-0.2, 0) is 16.0 Å². The van der Waals surface area contributed by atoms with Crippen LogP contribution in [0.1, 0.15) is 18.4 Å². The van der Waals surface area contributed by atoms with Gasteiger partial charge < -0.3 is 9.47 Å². The predicted molar refractivity (Wildman–Crippen MR) is 94.7 cm³/mol. The molecule has 4 aliphatic rings. The Bertz CT molecular complexity index is 791. The van der Waals surface area contributed by atoms with Crippen molar-refractivity contribution < 1.29 is 19.1 Å². The molecule has 5 rings (SSSR count). The zero-order valence-electron chi connectivity index (χ0n) is 15.1. The topological polar surface area (TPSA) is 55.8 Å². The number of allylic oxidation sites excluding steroid dienone is 2. The molecule has 136 valence electrons. The normalized spacial score (nSPS) is 32.5. The first kappa shape index (κ1) is 15.9. The van der Waals surface area contributed by atoms with Gasteiger partial charge in [0.1, 0.15) is 0 Å². The molecule has 3 fully saturated rings. The number of fused-ring (bicyclic) bond motifs is 3. The average Bonchev–Trinajstić information content (AvgIpc) is 3.26. The van der Waals surface area contributed by atoms with E-state index in [4.69, 9.17) is 9.47 Å². The SMILES string of the molecule is COc1ccc(CCN2C(=O)[C@@H]3[C@@H](C2=O)[C@H]2C=C[C@H]3C23CC3)cc1OC. The van der Waals surface area contributed by atoms with Gasteiger partial charge in [0.25, 0.3) is 0 Å². The Morgan fingerprint density at radius 2 is 1.62 bits per heavy atom.